The molecule has 1 saturated carbocycles. The van der Waals surface area contributed by atoms with E-state index in [1.54, 1.807) is 0 Å². The van der Waals surface area contributed by atoms with Gasteiger partial charge in [-0.15, -0.1) is 0 Å². The molecular formula is C13H20N4O. The summed E-state index contributed by atoms with van der Waals surface area (Å²) < 4.78 is 5.55. The number of nitrogens with one attached hydrogen (secondary N) is 1. The molecule has 2 heterocycles. The zero-order valence-corrected chi connectivity index (χ0v) is 10.7. The molecule has 0 amide bonds. The van der Waals surface area contributed by atoms with E-state index in [-0.39, 0.29) is 0 Å². The van der Waals surface area contributed by atoms with Crippen molar-refractivity contribution in [3.63, 3.8) is 0 Å². The smallest absolute Gasteiger partial charge is 0.136 e. The fourth-order valence-corrected chi connectivity index (χ4v) is 2.38. The molecule has 2 aliphatic rings. The molecular weight excluding hydrogens is 228 g/mol. The molecule has 18 heavy (non-hydrogen) atoms. The SMILES string of the molecule is CC1OCCC1CNc1cc(N)nc(C2CC2)n1. The molecule has 1 aromatic rings. The van der Waals surface area contributed by atoms with Crippen molar-refractivity contribution in [2.24, 2.45) is 5.92 Å². The van der Waals surface area contributed by atoms with Gasteiger partial charge in [-0.05, 0) is 26.2 Å². The van der Waals surface area contributed by atoms with Crippen LogP contribution in [-0.2, 0) is 4.74 Å². The highest BCUT2D eigenvalue weighted by Gasteiger charge is 2.27. The van der Waals surface area contributed by atoms with Crippen LogP contribution >= 0.6 is 0 Å². The molecule has 0 aromatic carbocycles. The van der Waals surface area contributed by atoms with Crippen molar-refractivity contribution in [2.45, 2.75) is 38.2 Å². The minimum atomic E-state index is 0.333. The van der Waals surface area contributed by atoms with E-state index < -0.39 is 0 Å². The van der Waals surface area contributed by atoms with Crippen molar-refractivity contribution < 1.29 is 4.74 Å². The summed E-state index contributed by atoms with van der Waals surface area (Å²) in [5.74, 6) is 3.40. The lowest BCUT2D eigenvalue weighted by atomic mass is 10.0. The molecule has 1 saturated heterocycles. The van der Waals surface area contributed by atoms with Crippen LogP contribution in [0.15, 0.2) is 6.07 Å². The molecule has 2 atom stereocenters. The first-order chi connectivity index (χ1) is 8.72. The van der Waals surface area contributed by atoms with Crippen molar-refractivity contribution >= 4 is 11.6 Å². The molecule has 5 nitrogen and oxygen atoms in total. The van der Waals surface area contributed by atoms with Gasteiger partial charge in [0.15, 0.2) is 0 Å². The molecule has 3 N–H and O–H groups in total. The number of anilines is 2. The Kier molecular flexibility index (Phi) is 3.07. The topological polar surface area (TPSA) is 73.1 Å². The molecule has 1 aliphatic heterocycles. The van der Waals surface area contributed by atoms with Crippen molar-refractivity contribution in [3.8, 4) is 0 Å². The van der Waals surface area contributed by atoms with Gasteiger partial charge in [0, 0.05) is 31.1 Å². The highest BCUT2D eigenvalue weighted by atomic mass is 16.5. The Hall–Kier alpha value is -1.36. The molecule has 2 unspecified atom stereocenters. The molecule has 1 aromatic heterocycles. The lowest BCUT2D eigenvalue weighted by Gasteiger charge is -2.15. The van der Waals surface area contributed by atoms with E-state index in [0.29, 0.717) is 23.8 Å². The Morgan fingerprint density at radius 1 is 1.39 bits per heavy atom. The number of rotatable bonds is 4. The fraction of sp³-hybridized carbons (Fsp3) is 0.692. The van der Waals surface area contributed by atoms with Crippen LogP contribution in [0.4, 0.5) is 11.6 Å². The maximum atomic E-state index is 5.82. The summed E-state index contributed by atoms with van der Waals surface area (Å²) in [7, 11) is 0. The van der Waals surface area contributed by atoms with E-state index in [2.05, 4.69) is 22.2 Å². The van der Waals surface area contributed by atoms with Gasteiger partial charge in [-0.3, -0.25) is 0 Å². The second-order valence-electron chi connectivity index (χ2n) is 5.32. The van der Waals surface area contributed by atoms with Gasteiger partial charge in [-0.1, -0.05) is 0 Å². The zero-order chi connectivity index (χ0) is 12.5. The van der Waals surface area contributed by atoms with E-state index >= 15 is 0 Å². The number of nitrogens with two attached hydrogens (primary N) is 1. The van der Waals surface area contributed by atoms with Crippen LogP contribution in [0.25, 0.3) is 0 Å². The van der Waals surface area contributed by atoms with Gasteiger partial charge < -0.3 is 15.8 Å². The van der Waals surface area contributed by atoms with Gasteiger partial charge in [0.05, 0.1) is 6.10 Å². The van der Waals surface area contributed by atoms with Crippen molar-refractivity contribution in [2.75, 3.05) is 24.2 Å². The normalized spacial score (nSPS) is 27.4. The highest BCUT2D eigenvalue weighted by molar-refractivity contribution is 5.45. The van der Waals surface area contributed by atoms with Crippen LogP contribution in [0.5, 0.6) is 0 Å². The molecule has 0 radical (unpaired) electrons. The first-order valence-electron chi connectivity index (χ1n) is 6.72. The Bertz CT molecular complexity index is 433. The highest BCUT2D eigenvalue weighted by Crippen LogP contribution is 2.38. The predicted octanol–water partition coefficient (Wildman–Crippen LogP) is 1.77. The van der Waals surface area contributed by atoms with Gasteiger partial charge in [0.2, 0.25) is 0 Å². The van der Waals surface area contributed by atoms with Gasteiger partial charge >= 0.3 is 0 Å². The third-order valence-electron chi connectivity index (χ3n) is 3.78. The molecule has 98 valence electrons. The summed E-state index contributed by atoms with van der Waals surface area (Å²) in [6.07, 6.45) is 3.83. The zero-order valence-electron chi connectivity index (χ0n) is 10.7. The Balaban J connectivity index is 1.64. The number of hydrogen-bond donors (Lipinski definition) is 2. The Morgan fingerprint density at radius 3 is 2.89 bits per heavy atom. The van der Waals surface area contributed by atoms with E-state index in [4.69, 9.17) is 10.5 Å². The average Bonchev–Trinajstić information content (AvgIpc) is 3.11. The molecule has 0 bridgehead atoms. The quantitative estimate of drug-likeness (QED) is 0.849. The third-order valence-corrected chi connectivity index (χ3v) is 3.78. The lowest BCUT2D eigenvalue weighted by molar-refractivity contribution is 0.108. The van der Waals surface area contributed by atoms with Crippen LogP contribution in [0.2, 0.25) is 0 Å². The first kappa shape index (κ1) is 11.7. The predicted molar refractivity (Wildman–Crippen MR) is 70.4 cm³/mol. The maximum Gasteiger partial charge on any atom is 0.136 e. The summed E-state index contributed by atoms with van der Waals surface area (Å²) in [5, 5.41) is 3.37. The van der Waals surface area contributed by atoms with Crippen molar-refractivity contribution in [3.05, 3.63) is 11.9 Å². The van der Waals surface area contributed by atoms with Crippen LogP contribution in [0, 0.1) is 5.92 Å². The Labute approximate surface area is 107 Å². The summed E-state index contributed by atoms with van der Waals surface area (Å²) in [4.78, 5) is 8.83. The standard InChI is InChI=1S/C13H20N4O/c1-8-10(4-5-18-8)7-15-12-6-11(14)16-13(17-12)9-2-3-9/h6,8-10H,2-5,7H2,1H3,(H3,14,15,16,17). The monoisotopic (exact) mass is 248 g/mol. The number of nitrogen functional groups attached to an aromatic ring is 1. The van der Waals surface area contributed by atoms with Crippen molar-refractivity contribution in [1.82, 2.24) is 9.97 Å². The minimum absolute atomic E-state index is 0.333. The van der Waals surface area contributed by atoms with Crippen LogP contribution in [0.1, 0.15) is 37.9 Å². The molecule has 2 fully saturated rings. The number of ether oxygens (including phenoxy) is 1. The molecule has 3 rings (SSSR count). The van der Waals surface area contributed by atoms with Crippen LogP contribution in [-0.4, -0.2) is 29.2 Å². The second kappa shape index (κ2) is 4.72. The van der Waals surface area contributed by atoms with E-state index in [1.807, 2.05) is 6.07 Å². The fourth-order valence-electron chi connectivity index (χ4n) is 2.38. The van der Waals surface area contributed by atoms with Crippen LogP contribution in [0.3, 0.4) is 0 Å². The molecule has 1 aliphatic carbocycles. The van der Waals surface area contributed by atoms with Gasteiger partial charge in [-0.2, -0.15) is 0 Å². The summed E-state index contributed by atoms with van der Waals surface area (Å²) in [6, 6.07) is 1.81. The number of aromatic nitrogens is 2. The number of nitrogens with zero attached hydrogens (tertiary/aromatic N) is 2. The van der Waals surface area contributed by atoms with Crippen molar-refractivity contribution in [1.29, 1.82) is 0 Å². The third kappa shape index (κ3) is 2.56. The van der Waals surface area contributed by atoms with E-state index in [0.717, 1.165) is 31.2 Å². The average molecular weight is 248 g/mol. The maximum absolute atomic E-state index is 5.82. The van der Waals surface area contributed by atoms with Gasteiger partial charge in [0.1, 0.15) is 17.5 Å². The first-order valence-corrected chi connectivity index (χ1v) is 6.72. The Morgan fingerprint density at radius 2 is 2.22 bits per heavy atom. The summed E-state index contributed by atoms with van der Waals surface area (Å²) in [5.41, 5.74) is 5.82. The lowest BCUT2D eigenvalue weighted by Crippen LogP contribution is -2.21. The number of hydrogen-bond acceptors (Lipinski definition) is 5. The minimum Gasteiger partial charge on any atom is -0.384 e. The van der Waals surface area contributed by atoms with Gasteiger partial charge in [0.25, 0.3) is 0 Å². The van der Waals surface area contributed by atoms with Gasteiger partial charge in [-0.25, -0.2) is 9.97 Å². The van der Waals surface area contributed by atoms with E-state index in [1.165, 1.54) is 12.8 Å². The largest absolute Gasteiger partial charge is 0.384 e. The molecule has 5 heteroatoms. The van der Waals surface area contributed by atoms with Crippen LogP contribution < -0.4 is 11.1 Å². The summed E-state index contributed by atoms with van der Waals surface area (Å²) in [6.45, 7) is 3.89. The summed E-state index contributed by atoms with van der Waals surface area (Å²) >= 11 is 0. The molecule has 0 spiro atoms. The van der Waals surface area contributed by atoms with E-state index in [9.17, 15) is 0 Å². The second-order valence-corrected chi connectivity index (χ2v) is 5.32.